The van der Waals surface area contributed by atoms with E-state index < -0.39 is 10.0 Å². The van der Waals surface area contributed by atoms with Crippen molar-refractivity contribution >= 4 is 15.7 Å². The Morgan fingerprint density at radius 3 is 2.36 bits per heavy atom. The van der Waals surface area contributed by atoms with E-state index in [9.17, 15) is 8.42 Å². The fraction of sp³-hybridized carbons (Fsp3) is 0.379. The summed E-state index contributed by atoms with van der Waals surface area (Å²) < 4.78 is 38.2. The first-order valence-electron chi connectivity index (χ1n) is 12.6. The predicted octanol–water partition coefficient (Wildman–Crippen LogP) is 5.41. The molecule has 0 aromatic heterocycles. The Bertz CT molecular complexity index is 1210. The summed E-state index contributed by atoms with van der Waals surface area (Å²) in [6.07, 6.45) is 4.16. The molecule has 1 heterocycles. The van der Waals surface area contributed by atoms with E-state index >= 15 is 0 Å². The van der Waals surface area contributed by atoms with Crippen LogP contribution in [-0.2, 0) is 14.8 Å². The van der Waals surface area contributed by atoms with E-state index in [-0.39, 0.29) is 12.2 Å². The fourth-order valence-electron chi connectivity index (χ4n) is 4.62. The summed E-state index contributed by atoms with van der Waals surface area (Å²) in [7, 11) is -3.35. The molecule has 0 spiro atoms. The molecule has 1 fully saturated rings. The lowest BCUT2D eigenvalue weighted by Crippen LogP contribution is -2.38. The first-order valence-corrected chi connectivity index (χ1v) is 14.5. The number of hydrogen-bond donors (Lipinski definition) is 1. The number of hydrogen-bond acceptors (Lipinski definition) is 5. The minimum atomic E-state index is -3.35. The molecule has 0 radical (unpaired) electrons. The number of piperidine rings is 1. The zero-order valence-electron chi connectivity index (χ0n) is 21.1. The van der Waals surface area contributed by atoms with Crippen molar-refractivity contribution in [2.75, 3.05) is 37.2 Å². The van der Waals surface area contributed by atoms with Crippen LogP contribution in [0.25, 0.3) is 0 Å². The summed E-state index contributed by atoms with van der Waals surface area (Å²) in [5.41, 5.74) is 4.10. The van der Waals surface area contributed by atoms with Crippen molar-refractivity contribution in [2.24, 2.45) is 0 Å². The average Bonchev–Trinajstić information content (AvgIpc) is 2.86. The highest BCUT2D eigenvalue weighted by molar-refractivity contribution is 7.92. The number of benzene rings is 3. The fourth-order valence-corrected chi connectivity index (χ4v) is 5.19. The molecule has 0 aliphatic carbocycles. The maximum absolute atomic E-state index is 11.6. The van der Waals surface area contributed by atoms with Crippen LogP contribution in [0.5, 0.6) is 5.75 Å². The Kier molecular flexibility index (Phi) is 9.02. The van der Waals surface area contributed by atoms with Gasteiger partial charge in [-0.3, -0.25) is 4.72 Å². The quantitative estimate of drug-likeness (QED) is 0.351. The lowest BCUT2D eigenvalue weighted by atomic mass is 9.98. The Hall–Kier alpha value is -2.87. The summed E-state index contributed by atoms with van der Waals surface area (Å²) in [6, 6.07) is 26.2. The highest BCUT2D eigenvalue weighted by Gasteiger charge is 2.24. The number of nitrogens with zero attached hydrogens (tertiary/aromatic N) is 1. The van der Waals surface area contributed by atoms with Crippen LogP contribution in [0.3, 0.4) is 0 Å². The second-order valence-electron chi connectivity index (χ2n) is 9.45. The molecule has 4 rings (SSSR count). The zero-order valence-corrected chi connectivity index (χ0v) is 21.9. The summed E-state index contributed by atoms with van der Waals surface area (Å²) in [6.45, 7) is 5.57. The van der Waals surface area contributed by atoms with Gasteiger partial charge >= 0.3 is 0 Å². The van der Waals surface area contributed by atoms with Gasteiger partial charge in [-0.1, -0.05) is 72.3 Å². The number of rotatable bonds is 11. The van der Waals surface area contributed by atoms with E-state index in [4.69, 9.17) is 9.47 Å². The molecule has 3 aromatic rings. The molecule has 1 N–H and O–H groups in total. The van der Waals surface area contributed by atoms with Crippen molar-refractivity contribution < 1.29 is 17.9 Å². The number of nitrogens with one attached hydrogen (secondary N) is 1. The number of anilines is 1. The van der Waals surface area contributed by atoms with Crippen LogP contribution in [0.15, 0.2) is 78.9 Å². The van der Waals surface area contributed by atoms with Crippen molar-refractivity contribution in [2.45, 2.75) is 38.4 Å². The minimum absolute atomic E-state index is 0.0586. The normalized spacial score (nSPS) is 15.9. The zero-order chi connectivity index (χ0) is 25.4. The van der Waals surface area contributed by atoms with E-state index in [1.54, 1.807) is 18.2 Å². The van der Waals surface area contributed by atoms with Crippen molar-refractivity contribution in [1.82, 2.24) is 4.90 Å². The molecule has 0 bridgehead atoms. The van der Waals surface area contributed by atoms with Crippen molar-refractivity contribution in [3.8, 4) is 5.75 Å². The van der Waals surface area contributed by atoms with Gasteiger partial charge < -0.3 is 14.4 Å². The lowest BCUT2D eigenvalue weighted by molar-refractivity contribution is -0.0273. The van der Waals surface area contributed by atoms with Gasteiger partial charge in [0.1, 0.15) is 11.9 Å². The second-order valence-corrected chi connectivity index (χ2v) is 11.2. The third-order valence-electron chi connectivity index (χ3n) is 6.37. The summed E-state index contributed by atoms with van der Waals surface area (Å²) in [4.78, 5) is 2.45. The Balaban J connectivity index is 1.25. The standard InChI is InChI=1S/C29H36N2O4S/c1-23-10-8-13-25(22-23)29(24-11-4-3-5-12-24)35-26-16-19-31(20-17-26)18-9-21-34-28-15-7-6-14-27(28)30-36(2,32)33/h3-8,10-15,22,26,29-30H,9,16-21H2,1-2H3. The van der Waals surface area contributed by atoms with E-state index in [1.165, 1.54) is 16.7 Å². The van der Waals surface area contributed by atoms with Gasteiger partial charge in [-0.25, -0.2) is 8.42 Å². The second kappa shape index (κ2) is 12.4. The highest BCUT2D eigenvalue weighted by atomic mass is 32.2. The Morgan fingerprint density at radius 1 is 0.944 bits per heavy atom. The first-order chi connectivity index (χ1) is 17.4. The largest absolute Gasteiger partial charge is 0.491 e. The monoisotopic (exact) mass is 508 g/mol. The van der Waals surface area contributed by atoms with Crippen LogP contribution >= 0.6 is 0 Å². The summed E-state index contributed by atoms with van der Waals surface area (Å²) >= 11 is 0. The van der Waals surface area contributed by atoms with Crippen LogP contribution in [0.2, 0.25) is 0 Å². The van der Waals surface area contributed by atoms with Gasteiger partial charge in [-0.2, -0.15) is 0 Å². The van der Waals surface area contributed by atoms with Crippen molar-refractivity contribution in [3.05, 3.63) is 95.6 Å². The molecular weight excluding hydrogens is 472 g/mol. The van der Waals surface area contributed by atoms with Gasteiger partial charge in [-0.05, 0) is 49.4 Å². The van der Waals surface area contributed by atoms with E-state index in [1.807, 2.05) is 12.1 Å². The topological polar surface area (TPSA) is 67.9 Å². The lowest BCUT2D eigenvalue weighted by Gasteiger charge is -2.34. The van der Waals surface area contributed by atoms with Gasteiger partial charge in [0.25, 0.3) is 0 Å². The molecule has 0 saturated carbocycles. The molecule has 192 valence electrons. The van der Waals surface area contributed by atoms with Crippen LogP contribution < -0.4 is 9.46 Å². The van der Waals surface area contributed by atoms with E-state index in [0.29, 0.717) is 18.0 Å². The average molecular weight is 509 g/mol. The molecule has 1 atom stereocenters. The highest BCUT2D eigenvalue weighted by Crippen LogP contribution is 2.30. The first kappa shape index (κ1) is 26.2. The van der Waals surface area contributed by atoms with Gasteiger partial charge in [-0.15, -0.1) is 0 Å². The predicted molar refractivity (Wildman–Crippen MR) is 145 cm³/mol. The third kappa shape index (κ3) is 7.82. The van der Waals surface area contributed by atoms with Gasteiger partial charge in [0, 0.05) is 19.6 Å². The Morgan fingerprint density at radius 2 is 1.64 bits per heavy atom. The molecule has 3 aromatic carbocycles. The van der Waals surface area contributed by atoms with Crippen molar-refractivity contribution in [3.63, 3.8) is 0 Å². The molecule has 1 aliphatic rings. The molecular formula is C29H36N2O4S. The van der Waals surface area contributed by atoms with Gasteiger partial charge in [0.05, 0.1) is 24.7 Å². The van der Waals surface area contributed by atoms with Crippen LogP contribution in [0, 0.1) is 6.92 Å². The van der Waals surface area contributed by atoms with Crippen LogP contribution in [-0.4, -0.2) is 51.9 Å². The van der Waals surface area contributed by atoms with Crippen LogP contribution in [0.1, 0.15) is 42.1 Å². The van der Waals surface area contributed by atoms with E-state index in [0.717, 1.165) is 45.2 Å². The third-order valence-corrected chi connectivity index (χ3v) is 6.96. The minimum Gasteiger partial charge on any atom is -0.491 e. The molecule has 7 heteroatoms. The van der Waals surface area contributed by atoms with Crippen LogP contribution in [0.4, 0.5) is 5.69 Å². The number of ether oxygens (including phenoxy) is 2. The number of para-hydroxylation sites is 2. The molecule has 6 nitrogen and oxygen atoms in total. The molecule has 0 amide bonds. The maximum Gasteiger partial charge on any atom is 0.229 e. The van der Waals surface area contributed by atoms with Gasteiger partial charge in [0.2, 0.25) is 10.0 Å². The van der Waals surface area contributed by atoms with Crippen molar-refractivity contribution in [1.29, 1.82) is 0 Å². The molecule has 36 heavy (non-hydrogen) atoms. The molecule has 1 aliphatic heterocycles. The molecule has 1 saturated heterocycles. The smallest absolute Gasteiger partial charge is 0.229 e. The Labute approximate surface area is 215 Å². The number of aryl methyl sites for hydroxylation is 1. The summed E-state index contributed by atoms with van der Waals surface area (Å²) in [5.74, 6) is 0.554. The molecule has 1 unspecified atom stereocenters. The number of sulfonamides is 1. The maximum atomic E-state index is 11.6. The van der Waals surface area contributed by atoms with E-state index in [2.05, 4.69) is 65.1 Å². The number of likely N-dealkylation sites (tertiary alicyclic amines) is 1. The van der Waals surface area contributed by atoms with Gasteiger partial charge in [0.15, 0.2) is 0 Å². The SMILES string of the molecule is Cc1cccc(C(OC2CCN(CCCOc3ccccc3NS(C)(=O)=O)CC2)c2ccccc2)c1. The summed E-state index contributed by atoms with van der Waals surface area (Å²) in [5, 5.41) is 0.